The van der Waals surface area contributed by atoms with Crippen LogP contribution in [-0.4, -0.2) is 28.6 Å². The quantitative estimate of drug-likeness (QED) is 0.275. The zero-order chi connectivity index (χ0) is 26.4. The molecule has 2 aromatic heterocycles. The predicted molar refractivity (Wildman–Crippen MR) is 151 cm³/mol. The minimum absolute atomic E-state index is 0.254. The lowest BCUT2D eigenvalue weighted by atomic mass is 9.95. The van der Waals surface area contributed by atoms with E-state index >= 15 is 0 Å². The number of halogens is 1. The van der Waals surface area contributed by atoms with Crippen LogP contribution in [0.3, 0.4) is 0 Å². The van der Waals surface area contributed by atoms with Crippen LogP contribution >= 0.6 is 22.9 Å². The summed E-state index contributed by atoms with van der Waals surface area (Å²) < 4.78 is 7.21. The fourth-order valence-corrected chi connectivity index (χ4v) is 7.25. The van der Waals surface area contributed by atoms with E-state index in [2.05, 4.69) is 47.3 Å². The number of hydrogen-bond acceptors (Lipinski definition) is 4. The Labute approximate surface area is 230 Å². The van der Waals surface area contributed by atoms with Crippen molar-refractivity contribution in [2.45, 2.75) is 45.2 Å². The first kappa shape index (κ1) is 24.8. The van der Waals surface area contributed by atoms with Gasteiger partial charge in [0, 0.05) is 21.7 Å². The standard InChI is InChI=1S/C30H28ClN3O3S/c1-18-7-5-8-19(15-18)27-25-10-6-14-33(25)28-23(21-9-3-4-11-26(21)38-28)17-34(27)30(36)32-24-16-20(31)12-13-22(24)29(35)37-2/h5-8,10,12-16,27H,3-4,9,11,17H2,1-2H3,(H,32,36)/t27-/m1/s1. The maximum atomic E-state index is 14.2. The van der Waals surface area contributed by atoms with E-state index in [-0.39, 0.29) is 17.6 Å². The molecule has 6 rings (SSSR count). The Kier molecular flexibility index (Phi) is 6.50. The van der Waals surface area contributed by atoms with Gasteiger partial charge < -0.3 is 19.5 Å². The van der Waals surface area contributed by atoms with Gasteiger partial charge in [0.15, 0.2) is 0 Å². The van der Waals surface area contributed by atoms with Gasteiger partial charge in [0.25, 0.3) is 0 Å². The third-order valence-electron chi connectivity index (χ3n) is 7.43. The maximum absolute atomic E-state index is 14.2. The van der Waals surface area contributed by atoms with Crippen LogP contribution in [0.5, 0.6) is 0 Å². The molecular formula is C30H28ClN3O3S. The first-order valence-electron chi connectivity index (χ1n) is 12.8. The van der Waals surface area contributed by atoms with Gasteiger partial charge in [0.1, 0.15) is 5.00 Å². The molecule has 2 aliphatic rings. The predicted octanol–water partition coefficient (Wildman–Crippen LogP) is 7.30. The number of rotatable bonds is 3. The fraction of sp³-hybridized carbons (Fsp3) is 0.267. The molecule has 1 N–H and O–H groups in total. The van der Waals surface area contributed by atoms with Gasteiger partial charge in [-0.05, 0) is 74.1 Å². The van der Waals surface area contributed by atoms with Gasteiger partial charge in [-0.1, -0.05) is 41.4 Å². The summed E-state index contributed by atoms with van der Waals surface area (Å²) in [6, 6.07) is 16.6. The van der Waals surface area contributed by atoms with Crippen LogP contribution in [0.2, 0.25) is 5.02 Å². The minimum atomic E-state index is -0.536. The first-order valence-corrected chi connectivity index (χ1v) is 14.0. The van der Waals surface area contributed by atoms with E-state index < -0.39 is 5.97 Å². The summed E-state index contributed by atoms with van der Waals surface area (Å²) in [5.74, 6) is -0.536. The highest BCUT2D eigenvalue weighted by Gasteiger charge is 2.36. The summed E-state index contributed by atoms with van der Waals surface area (Å²) in [7, 11) is 1.32. The Morgan fingerprint density at radius 2 is 1.89 bits per heavy atom. The number of urea groups is 1. The van der Waals surface area contributed by atoms with Crippen molar-refractivity contribution in [2.75, 3.05) is 12.4 Å². The highest BCUT2D eigenvalue weighted by Crippen LogP contribution is 2.44. The van der Waals surface area contributed by atoms with Crippen LogP contribution in [0.1, 0.15) is 62.1 Å². The number of nitrogens with one attached hydrogen (secondary N) is 1. The number of ether oxygens (including phenoxy) is 1. The van der Waals surface area contributed by atoms with Crippen molar-refractivity contribution in [3.63, 3.8) is 0 Å². The van der Waals surface area contributed by atoms with E-state index in [0.717, 1.165) is 36.1 Å². The molecule has 0 spiro atoms. The number of carbonyl (C=O) groups excluding carboxylic acids is 2. The second kappa shape index (κ2) is 9.97. The van der Waals surface area contributed by atoms with Gasteiger partial charge in [-0.25, -0.2) is 9.59 Å². The maximum Gasteiger partial charge on any atom is 0.339 e. The number of carbonyl (C=O) groups is 2. The second-order valence-corrected chi connectivity index (χ2v) is 11.4. The summed E-state index contributed by atoms with van der Waals surface area (Å²) in [5.41, 5.74) is 6.36. The van der Waals surface area contributed by atoms with Crippen molar-refractivity contribution >= 4 is 40.6 Å². The van der Waals surface area contributed by atoms with Crippen molar-refractivity contribution in [1.82, 2.24) is 9.47 Å². The number of benzene rings is 2. The van der Waals surface area contributed by atoms with E-state index in [4.69, 9.17) is 16.3 Å². The average molecular weight is 546 g/mol. The summed E-state index contributed by atoms with van der Waals surface area (Å²) in [6.45, 7) is 2.52. The smallest absolute Gasteiger partial charge is 0.339 e. The van der Waals surface area contributed by atoms with Gasteiger partial charge in [-0.3, -0.25) is 0 Å². The normalized spacial score (nSPS) is 16.2. The van der Waals surface area contributed by atoms with Crippen LogP contribution in [-0.2, 0) is 24.1 Å². The zero-order valence-corrected chi connectivity index (χ0v) is 22.9. The van der Waals surface area contributed by atoms with Gasteiger partial charge >= 0.3 is 12.0 Å². The Balaban J connectivity index is 1.50. The lowest BCUT2D eigenvalue weighted by molar-refractivity contribution is 0.0602. The molecule has 1 atom stereocenters. The minimum Gasteiger partial charge on any atom is -0.465 e. The molecule has 0 saturated carbocycles. The van der Waals surface area contributed by atoms with E-state index in [0.29, 0.717) is 17.3 Å². The highest BCUT2D eigenvalue weighted by molar-refractivity contribution is 7.15. The average Bonchev–Trinajstić information content (AvgIpc) is 3.50. The van der Waals surface area contributed by atoms with Gasteiger partial charge in [0.05, 0.1) is 36.6 Å². The van der Waals surface area contributed by atoms with E-state index in [1.54, 1.807) is 18.2 Å². The van der Waals surface area contributed by atoms with Gasteiger partial charge in [-0.15, -0.1) is 11.3 Å². The molecule has 3 heterocycles. The molecule has 0 radical (unpaired) electrons. The highest BCUT2D eigenvalue weighted by atomic mass is 35.5. The number of methoxy groups -OCH3 is 1. The van der Waals surface area contributed by atoms with Crippen LogP contribution in [0.25, 0.3) is 5.00 Å². The zero-order valence-electron chi connectivity index (χ0n) is 21.3. The fourth-order valence-electron chi connectivity index (χ4n) is 5.67. The molecule has 8 heteroatoms. The van der Waals surface area contributed by atoms with Crippen LogP contribution in [0.15, 0.2) is 60.8 Å². The molecular weight excluding hydrogens is 518 g/mol. The van der Waals surface area contributed by atoms with Crippen molar-refractivity contribution in [3.8, 4) is 5.00 Å². The van der Waals surface area contributed by atoms with Crippen molar-refractivity contribution in [1.29, 1.82) is 0 Å². The Morgan fingerprint density at radius 1 is 1.05 bits per heavy atom. The molecule has 0 unspecified atom stereocenters. The van der Waals surface area contributed by atoms with Gasteiger partial charge in [-0.2, -0.15) is 0 Å². The van der Waals surface area contributed by atoms with Crippen molar-refractivity contribution in [3.05, 3.63) is 104 Å². The molecule has 2 amide bonds. The molecule has 4 aromatic rings. The molecule has 2 aromatic carbocycles. The Morgan fingerprint density at radius 3 is 2.71 bits per heavy atom. The number of aromatic nitrogens is 1. The van der Waals surface area contributed by atoms with E-state index in [1.807, 2.05) is 28.4 Å². The molecule has 0 bridgehead atoms. The molecule has 0 saturated heterocycles. The third kappa shape index (κ3) is 4.29. The van der Waals surface area contributed by atoms with Crippen molar-refractivity contribution in [2.24, 2.45) is 0 Å². The second-order valence-electron chi connectivity index (χ2n) is 9.85. The number of anilines is 1. The molecule has 1 aliphatic carbocycles. The molecule has 194 valence electrons. The van der Waals surface area contributed by atoms with Crippen LogP contribution < -0.4 is 5.32 Å². The number of amides is 2. The summed E-state index contributed by atoms with van der Waals surface area (Å²) in [6.07, 6.45) is 6.58. The number of fused-ring (bicyclic) bond motifs is 5. The monoisotopic (exact) mass is 545 g/mol. The Bertz CT molecular complexity index is 1560. The van der Waals surface area contributed by atoms with Gasteiger partial charge in [0.2, 0.25) is 0 Å². The van der Waals surface area contributed by atoms with Crippen LogP contribution in [0, 0.1) is 6.92 Å². The topological polar surface area (TPSA) is 63.6 Å². The number of thiophene rings is 1. The van der Waals surface area contributed by atoms with E-state index in [1.165, 1.54) is 34.5 Å². The molecule has 1 aliphatic heterocycles. The lowest BCUT2D eigenvalue weighted by Gasteiger charge is -2.32. The number of nitrogens with zero attached hydrogens (tertiary/aromatic N) is 2. The largest absolute Gasteiger partial charge is 0.465 e. The molecule has 0 fully saturated rings. The number of aryl methyl sites for hydroxylation is 2. The first-order chi connectivity index (χ1) is 18.4. The summed E-state index contributed by atoms with van der Waals surface area (Å²) >= 11 is 8.12. The SMILES string of the molecule is COC(=O)c1ccc(Cl)cc1NC(=O)N1Cc2c(sc3c2CCCC3)-n2cccc2[C@H]1c1cccc(C)c1. The van der Waals surface area contributed by atoms with Crippen LogP contribution in [0.4, 0.5) is 10.5 Å². The van der Waals surface area contributed by atoms with Crippen molar-refractivity contribution < 1.29 is 14.3 Å². The Hall–Kier alpha value is -3.55. The number of hydrogen-bond donors (Lipinski definition) is 1. The number of esters is 1. The molecule has 6 nitrogen and oxygen atoms in total. The lowest BCUT2D eigenvalue weighted by Crippen LogP contribution is -2.38. The van der Waals surface area contributed by atoms with E-state index in [9.17, 15) is 9.59 Å². The molecule has 38 heavy (non-hydrogen) atoms. The summed E-state index contributed by atoms with van der Waals surface area (Å²) in [5, 5.41) is 4.62. The third-order valence-corrected chi connectivity index (χ3v) is 8.99. The summed E-state index contributed by atoms with van der Waals surface area (Å²) in [4.78, 5) is 30.0.